The highest BCUT2D eigenvalue weighted by Gasteiger charge is 2.12. The predicted molar refractivity (Wildman–Crippen MR) is 130 cm³/mol. The molecule has 2 aromatic heterocycles. The fraction of sp³-hybridized carbons (Fsp3) is 0.154. The number of thiazole rings is 1. The number of hydrogen-bond acceptors (Lipinski definition) is 4. The van der Waals surface area contributed by atoms with Crippen LogP contribution in [0.5, 0.6) is 5.75 Å². The third kappa shape index (κ3) is 4.09. The van der Waals surface area contributed by atoms with Gasteiger partial charge in [-0.05, 0) is 29.3 Å². The van der Waals surface area contributed by atoms with Gasteiger partial charge in [-0.2, -0.15) is 0 Å². The molecule has 6 heteroatoms. The van der Waals surface area contributed by atoms with Crippen molar-refractivity contribution in [2.75, 3.05) is 7.11 Å². The highest BCUT2D eigenvalue weighted by molar-refractivity contribution is 7.07. The fourth-order valence-electron chi connectivity index (χ4n) is 3.95. The molecule has 0 bridgehead atoms. The van der Waals surface area contributed by atoms with E-state index < -0.39 is 0 Å². The van der Waals surface area contributed by atoms with Crippen molar-refractivity contribution in [2.45, 2.75) is 19.5 Å². The van der Waals surface area contributed by atoms with Crippen molar-refractivity contribution in [3.63, 3.8) is 0 Å². The SMILES string of the molecule is COc1ccccc1N=c1scc(-c2cccc3ccccc23)n1CCCn1ccnc1. The molecule has 160 valence electrons. The van der Waals surface area contributed by atoms with Gasteiger partial charge in [0.2, 0.25) is 0 Å². The molecule has 0 saturated carbocycles. The van der Waals surface area contributed by atoms with Crippen molar-refractivity contribution in [1.29, 1.82) is 0 Å². The van der Waals surface area contributed by atoms with E-state index in [2.05, 4.69) is 62.0 Å². The number of benzene rings is 3. The molecule has 2 heterocycles. The van der Waals surface area contributed by atoms with Gasteiger partial charge in [0.15, 0.2) is 4.80 Å². The lowest BCUT2D eigenvalue weighted by molar-refractivity contribution is 0.416. The standard InChI is InChI=1S/C26H24N4OS/c1-31-25-13-5-4-12-23(25)28-26-30(16-7-15-29-17-14-27-19-29)24(18-32-26)22-11-6-9-20-8-2-3-10-21(20)22/h2-6,8-14,17-19H,7,15-16H2,1H3. The van der Waals surface area contributed by atoms with E-state index in [1.165, 1.54) is 22.0 Å². The van der Waals surface area contributed by atoms with E-state index in [9.17, 15) is 0 Å². The van der Waals surface area contributed by atoms with Crippen LogP contribution in [-0.4, -0.2) is 21.2 Å². The van der Waals surface area contributed by atoms with Gasteiger partial charge < -0.3 is 13.9 Å². The summed E-state index contributed by atoms with van der Waals surface area (Å²) < 4.78 is 9.97. The molecule has 0 radical (unpaired) electrons. The fourth-order valence-corrected chi connectivity index (χ4v) is 4.89. The number of ether oxygens (including phenoxy) is 1. The van der Waals surface area contributed by atoms with Gasteiger partial charge in [-0.3, -0.25) is 0 Å². The summed E-state index contributed by atoms with van der Waals surface area (Å²) in [5.41, 5.74) is 3.25. The smallest absolute Gasteiger partial charge is 0.190 e. The number of nitrogens with zero attached hydrogens (tertiary/aromatic N) is 4. The molecule has 0 aliphatic rings. The molecule has 0 spiro atoms. The topological polar surface area (TPSA) is 44.3 Å². The van der Waals surface area contributed by atoms with E-state index in [1.54, 1.807) is 18.4 Å². The molecule has 0 unspecified atom stereocenters. The lowest BCUT2D eigenvalue weighted by Gasteiger charge is -2.12. The van der Waals surface area contributed by atoms with Crippen LogP contribution in [0.1, 0.15) is 6.42 Å². The molecule has 0 aliphatic heterocycles. The Labute approximate surface area is 190 Å². The average molecular weight is 441 g/mol. The Balaban J connectivity index is 1.61. The van der Waals surface area contributed by atoms with Crippen molar-refractivity contribution in [3.8, 4) is 17.0 Å². The largest absolute Gasteiger partial charge is 0.494 e. The van der Waals surface area contributed by atoms with Crippen LogP contribution in [0.25, 0.3) is 22.0 Å². The molecule has 3 aromatic carbocycles. The summed E-state index contributed by atoms with van der Waals surface area (Å²) in [6.45, 7) is 1.76. The second-order valence-corrected chi connectivity index (χ2v) is 8.36. The van der Waals surface area contributed by atoms with Crippen LogP contribution in [0.15, 0.2) is 95.8 Å². The molecule has 5 rings (SSSR count). The van der Waals surface area contributed by atoms with Gasteiger partial charge in [-0.25, -0.2) is 9.98 Å². The van der Waals surface area contributed by atoms with E-state index in [4.69, 9.17) is 9.73 Å². The Bertz CT molecular complexity index is 1390. The summed E-state index contributed by atoms with van der Waals surface area (Å²) in [5.74, 6) is 0.776. The first kappa shape index (κ1) is 20.3. The minimum absolute atomic E-state index is 0.776. The highest BCUT2D eigenvalue weighted by atomic mass is 32.1. The van der Waals surface area contributed by atoms with Crippen LogP contribution in [-0.2, 0) is 13.1 Å². The summed E-state index contributed by atoms with van der Waals surface area (Å²) >= 11 is 1.66. The number of methoxy groups -OCH3 is 1. The molecular formula is C26H24N4OS. The monoisotopic (exact) mass is 440 g/mol. The lowest BCUT2D eigenvalue weighted by atomic mass is 10.0. The summed E-state index contributed by atoms with van der Waals surface area (Å²) in [5, 5.41) is 4.71. The average Bonchev–Trinajstić information content (AvgIpc) is 3.50. The van der Waals surface area contributed by atoms with Crippen LogP contribution < -0.4 is 9.54 Å². The first-order valence-corrected chi connectivity index (χ1v) is 11.5. The van der Waals surface area contributed by atoms with Crippen molar-refractivity contribution in [2.24, 2.45) is 4.99 Å². The van der Waals surface area contributed by atoms with E-state index in [1.807, 2.05) is 43.0 Å². The van der Waals surface area contributed by atoms with E-state index >= 15 is 0 Å². The first-order chi connectivity index (χ1) is 15.8. The molecular weight excluding hydrogens is 416 g/mol. The third-order valence-corrected chi connectivity index (χ3v) is 6.39. The van der Waals surface area contributed by atoms with Gasteiger partial charge in [-0.1, -0.05) is 54.6 Å². The van der Waals surface area contributed by atoms with E-state index in [0.29, 0.717) is 0 Å². The Morgan fingerprint density at radius 2 is 1.81 bits per heavy atom. The van der Waals surface area contributed by atoms with Gasteiger partial charge in [0, 0.05) is 36.4 Å². The molecule has 0 amide bonds. The summed E-state index contributed by atoms with van der Waals surface area (Å²) in [6, 6.07) is 22.9. The number of aryl methyl sites for hydroxylation is 1. The lowest BCUT2D eigenvalue weighted by Crippen LogP contribution is -2.17. The molecule has 5 nitrogen and oxygen atoms in total. The van der Waals surface area contributed by atoms with Crippen LogP contribution in [0.3, 0.4) is 0 Å². The second-order valence-electron chi connectivity index (χ2n) is 7.52. The zero-order chi connectivity index (χ0) is 21.8. The van der Waals surface area contributed by atoms with Gasteiger partial charge >= 0.3 is 0 Å². The normalized spacial score (nSPS) is 11.8. The zero-order valence-electron chi connectivity index (χ0n) is 17.9. The maximum Gasteiger partial charge on any atom is 0.190 e. The number of fused-ring (bicyclic) bond motifs is 1. The minimum Gasteiger partial charge on any atom is -0.494 e. The Hall–Kier alpha value is -3.64. The summed E-state index contributed by atoms with van der Waals surface area (Å²) in [4.78, 5) is 10.1. The Morgan fingerprint density at radius 3 is 2.69 bits per heavy atom. The van der Waals surface area contributed by atoms with Gasteiger partial charge in [0.1, 0.15) is 11.4 Å². The van der Waals surface area contributed by atoms with Crippen LogP contribution in [0.4, 0.5) is 5.69 Å². The third-order valence-electron chi connectivity index (χ3n) is 5.52. The number of para-hydroxylation sites is 2. The number of rotatable bonds is 7. The van der Waals surface area contributed by atoms with Gasteiger partial charge in [0.05, 0.1) is 19.1 Å². The van der Waals surface area contributed by atoms with E-state index in [-0.39, 0.29) is 0 Å². The maximum atomic E-state index is 5.53. The van der Waals surface area contributed by atoms with Gasteiger partial charge in [0.25, 0.3) is 0 Å². The number of imidazole rings is 1. The molecule has 32 heavy (non-hydrogen) atoms. The Kier molecular flexibility index (Phi) is 5.85. The zero-order valence-corrected chi connectivity index (χ0v) is 18.7. The molecule has 0 aliphatic carbocycles. The molecule has 5 aromatic rings. The van der Waals surface area contributed by atoms with Crippen molar-refractivity contribution >= 4 is 27.8 Å². The summed E-state index contributed by atoms with van der Waals surface area (Å²) in [7, 11) is 1.68. The number of aromatic nitrogens is 3. The van der Waals surface area contributed by atoms with Crippen LogP contribution in [0.2, 0.25) is 0 Å². The minimum atomic E-state index is 0.776. The van der Waals surface area contributed by atoms with Gasteiger partial charge in [-0.15, -0.1) is 11.3 Å². The number of hydrogen-bond donors (Lipinski definition) is 0. The highest BCUT2D eigenvalue weighted by Crippen LogP contribution is 2.30. The van der Waals surface area contributed by atoms with Crippen molar-refractivity contribution in [1.82, 2.24) is 14.1 Å². The predicted octanol–water partition coefficient (Wildman–Crippen LogP) is 5.90. The van der Waals surface area contributed by atoms with Crippen LogP contribution in [0, 0.1) is 0 Å². The van der Waals surface area contributed by atoms with Crippen LogP contribution >= 0.6 is 11.3 Å². The second kappa shape index (κ2) is 9.24. The molecule has 0 N–H and O–H groups in total. The molecule has 0 atom stereocenters. The molecule has 0 saturated heterocycles. The van der Waals surface area contributed by atoms with E-state index in [0.717, 1.165) is 35.7 Å². The first-order valence-electron chi connectivity index (χ1n) is 10.6. The van der Waals surface area contributed by atoms with Crippen molar-refractivity contribution < 1.29 is 4.74 Å². The van der Waals surface area contributed by atoms with Crippen molar-refractivity contribution in [3.05, 3.63) is 95.6 Å². The molecule has 0 fully saturated rings. The maximum absolute atomic E-state index is 5.53. The Morgan fingerprint density at radius 1 is 0.969 bits per heavy atom. The summed E-state index contributed by atoms with van der Waals surface area (Å²) in [6.07, 6.45) is 6.67. The quantitative estimate of drug-likeness (QED) is 0.316.